The maximum atomic E-state index is 10.6. The zero-order valence-corrected chi connectivity index (χ0v) is 8.35. The van der Waals surface area contributed by atoms with Crippen molar-refractivity contribution in [3.8, 4) is 0 Å². The fourth-order valence-electron chi connectivity index (χ4n) is 1.23. The Morgan fingerprint density at radius 2 is 2.46 bits per heavy atom. The molecule has 13 heavy (non-hydrogen) atoms. The van der Waals surface area contributed by atoms with Crippen LogP contribution < -0.4 is 5.30 Å². The number of carboxylic acid groups (broad SMARTS) is 1. The van der Waals surface area contributed by atoms with Gasteiger partial charge in [0.15, 0.2) is 0 Å². The summed E-state index contributed by atoms with van der Waals surface area (Å²) in [4.78, 5) is 13.4. The molecule has 0 saturated carbocycles. The smallest absolute Gasteiger partial charge is 0.352 e. The molecule has 68 valence electrons. The van der Waals surface area contributed by atoms with Crippen molar-refractivity contribution < 1.29 is 9.90 Å². The predicted octanol–water partition coefficient (Wildman–Crippen LogP) is 1.61. The predicted molar refractivity (Wildman–Crippen MR) is 54.4 cm³/mol. The highest BCUT2D eigenvalue weighted by Crippen LogP contribution is 2.27. The molecule has 1 aliphatic heterocycles. The molecule has 0 saturated heterocycles. The molecule has 0 aliphatic carbocycles. The van der Waals surface area contributed by atoms with Gasteiger partial charge in [-0.25, -0.2) is 4.79 Å². The molecule has 0 spiro atoms. The molecular weight excluding hydrogens is 209 g/mol. The maximum Gasteiger partial charge on any atom is 0.352 e. The van der Waals surface area contributed by atoms with Gasteiger partial charge in [-0.15, -0.1) is 0 Å². The van der Waals surface area contributed by atoms with Crippen LogP contribution in [0.25, 0.3) is 6.08 Å². The Balaban J connectivity index is 2.46. The van der Waals surface area contributed by atoms with Crippen LogP contribution in [0.1, 0.15) is 16.2 Å². The molecule has 0 amide bonds. The molecule has 1 aromatic heterocycles. The van der Waals surface area contributed by atoms with E-state index in [0.717, 1.165) is 22.2 Å². The third kappa shape index (κ3) is 1.62. The van der Waals surface area contributed by atoms with Gasteiger partial charge in [0, 0.05) is 16.9 Å². The lowest BCUT2D eigenvalue weighted by Gasteiger charge is -2.06. The molecule has 2 heterocycles. The van der Waals surface area contributed by atoms with Gasteiger partial charge in [-0.2, -0.15) is 0 Å². The normalized spacial score (nSPS) is 16.8. The molecule has 5 heteroatoms. The molecule has 0 radical (unpaired) electrons. The standard InChI is InChI=1S/C8H7ClNO2P/c9-4-1-5-7(13-3-4)2-6(10-5)8(11)12/h1-2,10,13H,3H2,(H,11,12). The quantitative estimate of drug-likeness (QED) is 0.700. The van der Waals surface area contributed by atoms with Crippen molar-refractivity contribution in [2.45, 2.75) is 0 Å². The molecule has 1 atom stereocenters. The number of fused-ring (bicyclic) bond motifs is 1. The first-order valence-electron chi connectivity index (χ1n) is 3.73. The van der Waals surface area contributed by atoms with E-state index in [1.807, 2.05) is 0 Å². The molecule has 1 aliphatic rings. The minimum atomic E-state index is -0.927. The first-order valence-corrected chi connectivity index (χ1v) is 5.31. The van der Waals surface area contributed by atoms with Crippen molar-refractivity contribution in [3.63, 3.8) is 0 Å². The van der Waals surface area contributed by atoms with Gasteiger partial charge in [-0.3, -0.25) is 0 Å². The molecule has 2 rings (SSSR count). The summed E-state index contributed by atoms with van der Waals surface area (Å²) in [6, 6.07) is 1.68. The largest absolute Gasteiger partial charge is 0.477 e. The summed E-state index contributed by atoms with van der Waals surface area (Å²) in [6.07, 6.45) is 2.62. The number of H-pyrrole nitrogens is 1. The number of nitrogens with one attached hydrogen (secondary N) is 1. The zero-order chi connectivity index (χ0) is 9.42. The topological polar surface area (TPSA) is 53.1 Å². The molecule has 1 unspecified atom stereocenters. The van der Waals surface area contributed by atoms with Crippen LogP contribution in [-0.4, -0.2) is 22.2 Å². The third-order valence-electron chi connectivity index (χ3n) is 1.83. The van der Waals surface area contributed by atoms with E-state index in [4.69, 9.17) is 16.7 Å². The lowest BCUT2D eigenvalue weighted by Crippen LogP contribution is -2.01. The van der Waals surface area contributed by atoms with E-state index < -0.39 is 5.97 Å². The Morgan fingerprint density at radius 1 is 1.69 bits per heavy atom. The van der Waals surface area contributed by atoms with Gasteiger partial charge in [0.1, 0.15) is 5.69 Å². The highest BCUT2D eigenvalue weighted by atomic mass is 35.5. The van der Waals surface area contributed by atoms with Gasteiger partial charge in [0.25, 0.3) is 0 Å². The van der Waals surface area contributed by atoms with Crippen LogP contribution in [0.4, 0.5) is 0 Å². The van der Waals surface area contributed by atoms with Crippen molar-refractivity contribution >= 4 is 37.5 Å². The fourth-order valence-corrected chi connectivity index (χ4v) is 2.58. The number of aromatic nitrogens is 1. The highest BCUT2D eigenvalue weighted by Gasteiger charge is 2.15. The first-order chi connectivity index (χ1) is 6.16. The van der Waals surface area contributed by atoms with Crippen LogP contribution in [0.15, 0.2) is 11.1 Å². The van der Waals surface area contributed by atoms with Crippen molar-refractivity contribution in [2.24, 2.45) is 0 Å². The lowest BCUT2D eigenvalue weighted by atomic mass is 10.4. The summed E-state index contributed by atoms with van der Waals surface area (Å²) in [7, 11) is 0.572. The number of hydrogen-bond donors (Lipinski definition) is 2. The van der Waals surface area contributed by atoms with E-state index in [1.165, 1.54) is 0 Å². The number of carbonyl (C=O) groups is 1. The van der Waals surface area contributed by atoms with Crippen molar-refractivity contribution in [3.05, 3.63) is 22.5 Å². The average molecular weight is 216 g/mol. The summed E-state index contributed by atoms with van der Waals surface area (Å²) in [5, 5.41) is 10.6. The van der Waals surface area contributed by atoms with Crippen LogP contribution in [0, 0.1) is 0 Å². The summed E-state index contributed by atoms with van der Waals surface area (Å²) in [5.41, 5.74) is 1.08. The second-order valence-electron chi connectivity index (χ2n) is 2.76. The van der Waals surface area contributed by atoms with Gasteiger partial charge in [0.2, 0.25) is 0 Å². The fraction of sp³-hybridized carbons (Fsp3) is 0.125. The van der Waals surface area contributed by atoms with Crippen molar-refractivity contribution in [1.29, 1.82) is 0 Å². The van der Waals surface area contributed by atoms with E-state index in [0.29, 0.717) is 8.58 Å². The number of allylic oxidation sites excluding steroid dienone is 1. The molecule has 0 aromatic carbocycles. The number of aromatic amines is 1. The second kappa shape index (κ2) is 3.17. The van der Waals surface area contributed by atoms with Crippen molar-refractivity contribution in [2.75, 3.05) is 6.16 Å². The highest BCUT2D eigenvalue weighted by molar-refractivity contribution is 7.48. The molecule has 3 nitrogen and oxygen atoms in total. The average Bonchev–Trinajstić information content (AvgIpc) is 2.46. The molecule has 2 N–H and O–H groups in total. The van der Waals surface area contributed by atoms with Crippen LogP contribution in [0.3, 0.4) is 0 Å². The van der Waals surface area contributed by atoms with Gasteiger partial charge in [-0.1, -0.05) is 20.2 Å². The van der Waals surface area contributed by atoms with E-state index in [9.17, 15) is 4.79 Å². The van der Waals surface area contributed by atoms with Gasteiger partial charge in [-0.05, 0) is 17.4 Å². The molecule has 0 fully saturated rings. The van der Waals surface area contributed by atoms with Crippen LogP contribution in [0.5, 0.6) is 0 Å². The monoisotopic (exact) mass is 215 g/mol. The van der Waals surface area contributed by atoms with Crippen molar-refractivity contribution in [1.82, 2.24) is 4.98 Å². The lowest BCUT2D eigenvalue weighted by molar-refractivity contribution is 0.0691. The van der Waals surface area contributed by atoms with Crippen LogP contribution in [0.2, 0.25) is 0 Å². The van der Waals surface area contributed by atoms with Gasteiger partial charge >= 0.3 is 5.97 Å². The number of carboxylic acids is 1. The minimum Gasteiger partial charge on any atom is -0.477 e. The Labute approximate surface area is 81.6 Å². The summed E-state index contributed by atoms with van der Waals surface area (Å²) >= 11 is 5.83. The van der Waals surface area contributed by atoms with Crippen LogP contribution in [-0.2, 0) is 0 Å². The van der Waals surface area contributed by atoms with E-state index in [2.05, 4.69) is 4.98 Å². The second-order valence-corrected chi connectivity index (χ2v) is 4.49. The van der Waals surface area contributed by atoms with Crippen LogP contribution >= 0.6 is 20.2 Å². The number of rotatable bonds is 1. The number of halogens is 1. The third-order valence-corrected chi connectivity index (χ3v) is 3.65. The maximum absolute atomic E-state index is 10.6. The minimum absolute atomic E-state index is 0.236. The first kappa shape index (κ1) is 8.79. The van der Waals surface area contributed by atoms with Gasteiger partial charge < -0.3 is 10.1 Å². The Morgan fingerprint density at radius 3 is 3.15 bits per heavy atom. The van der Waals surface area contributed by atoms with Gasteiger partial charge in [0.05, 0.1) is 0 Å². The molecule has 0 bridgehead atoms. The number of aromatic carboxylic acids is 1. The SMILES string of the molecule is O=C(O)c1cc2c([nH]1)C=C(Cl)CP2. The summed E-state index contributed by atoms with van der Waals surface area (Å²) in [6.45, 7) is 0. The summed E-state index contributed by atoms with van der Waals surface area (Å²) in [5.74, 6) is -0.927. The zero-order valence-electron chi connectivity index (χ0n) is 6.60. The van der Waals surface area contributed by atoms with E-state index in [-0.39, 0.29) is 5.69 Å². The Kier molecular flexibility index (Phi) is 2.14. The van der Waals surface area contributed by atoms with E-state index in [1.54, 1.807) is 12.1 Å². The number of hydrogen-bond acceptors (Lipinski definition) is 1. The molecular formula is C8H7ClNO2P. The summed E-state index contributed by atoms with van der Waals surface area (Å²) < 4.78 is 0. The molecule has 1 aromatic rings. The Bertz CT molecular complexity index is 397. The van der Waals surface area contributed by atoms with E-state index >= 15 is 0 Å². The Hall–Kier alpha value is -0.790.